The van der Waals surface area contributed by atoms with E-state index >= 15 is 0 Å². The molecule has 3 heterocycles. The molecule has 0 unspecified atom stereocenters. The monoisotopic (exact) mass is 345 g/mol. The normalized spacial score (nSPS) is 10.6. The van der Waals surface area contributed by atoms with Crippen molar-refractivity contribution in [2.75, 3.05) is 0 Å². The molecular weight excluding hydrogens is 330 g/mol. The van der Waals surface area contributed by atoms with Crippen molar-refractivity contribution >= 4 is 5.91 Å². The first-order chi connectivity index (χ1) is 12.8. The second kappa shape index (κ2) is 6.98. The molecule has 0 atom stereocenters. The van der Waals surface area contributed by atoms with Crippen LogP contribution in [0.4, 0.5) is 0 Å². The number of nitrogens with one attached hydrogen (secondary N) is 2. The third-order valence-corrected chi connectivity index (χ3v) is 3.82. The molecule has 1 aromatic carbocycles. The quantitative estimate of drug-likeness (QED) is 0.576. The standard InChI is InChI=1S/C18H15N7O/c26-18(15-9-16(12-19-11-15)25-7-6-23-24-25)22-10-13-2-1-3-14(8-13)17-20-4-5-21-17/h1-9,11-12H,10H2,(H,20,21)(H,22,26). The predicted octanol–water partition coefficient (Wildman–Crippen LogP) is 1.98. The Morgan fingerprint density at radius 2 is 2.15 bits per heavy atom. The van der Waals surface area contributed by atoms with Gasteiger partial charge in [-0.1, -0.05) is 23.4 Å². The van der Waals surface area contributed by atoms with Crippen molar-refractivity contribution in [1.29, 1.82) is 0 Å². The largest absolute Gasteiger partial charge is 0.348 e. The van der Waals surface area contributed by atoms with Crippen LogP contribution in [-0.4, -0.2) is 35.9 Å². The second-order valence-electron chi connectivity index (χ2n) is 5.60. The van der Waals surface area contributed by atoms with E-state index in [4.69, 9.17) is 0 Å². The average molecular weight is 345 g/mol. The van der Waals surface area contributed by atoms with Crippen LogP contribution in [-0.2, 0) is 6.54 Å². The van der Waals surface area contributed by atoms with Crippen molar-refractivity contribution in [2.24, 2.45) is 0 Å². The molecule has 0 spiro atoms. The van der Waals surface area contributed by atoms with Crippen molar-refractivity contribution in [3.05, 3.63) is 78.6 Å². The van der Waals surface area contributed by atoms with E-state index < -0.39 is 0 Å². The maximum Gasteiger partial charge on any atom is 0.253 e. The molecule has 0 fully saturated rings. The first-order valence-electron chi connectivity index (χ1n) is 7.98. The van der Waals surface area contributed by atoms with Crippen LogP contribution in [0.25, 0.3) is 17.1 Å². The van der Waals surface area contributed by atoms with E-state index in [0.717, 1.165) is 17.0 Å². The van der Waals surface area contributed by atoms with Crippen LogP contribution in [0.3, 0.4) is 0 Å². The van der Waals surface area contributed by atoms with Gasteiger partial charge in [-0.15, -0.1) is 5.10 Å². The summed E-state index contributed by atoms with van der Waals surface area (Å²) < 4.78 is 1.55. The minimum atomic E-state index is -0.206. The van der Waals surface area contributed by atoms with Gasteiger partial charge >= 0.3 is 0 Å². The molecule has 1 amide bonds. The molecule has 0 radical (unpaired) electrons. The van der Waals surface area contributed by atoms with Crippen LogP contribution in [0.2, 0.25) is 0 Å². The molecule has 8 heteroatoms. The third kappa shape index (κ3) is 3.34. The Hall–Kier alpha value is -3.81. The van der Waals surface area contributed by atoms with Gasteiger partial charge in [-0.3, -0.25) is 9.78 Å². The SMILES string of the molecule is O=C(NCc1cccc(-c2ncc[nH]2)c1)c1cncc(-n2ccnn2)c1. The van der Waals surface area contributed by atoms with Gasteiger partial charge in [-0.25, -0.2) is 9.67 Å². The first-order valence-corrected chi connectivity index (χ1v) is 7.98. The fraction of sp³-hybridized carbons (Fsp3) is 0.0556. The van der Waals surface area contributed by atoms with Crippen LogP contribution in [0.1, 0.15) is 15.9 Å². The third-order valence-electron chi connectivity index (χ3n) is 3.82. The number of rotatable bonds is 5. The number of nitrogens with zero attached hydrogens (tertiary/aromatic N) is 5. The molecule has 0 aliphatic heterocycles. The lowest BCUT2D eigenvalue weighted by atomic mass is 10.1. The maximum absolute atomic E-state index is 12.4. The Bertz CT molecular complexity index is 1010. The summed E-state index contributed by atoms with van der Waals surface area (Å²) in [7, 11) is 0. The van der Waals surface area contributed by atoms with E-state index in [-0.39, 0.29) is 5.91 Å². The average Bonchev–Trinajstić information content (AvgIpc) is 3.40. The number of imidazole rings is 1. The van der Waals surface area contributed by atoms with E-state index in [1.54, 1.807) is 41.7 Å². The molecule has 0 saturated heterocycles. The molecule has 3 aromatic heterocycles. The fourth-order valence-electron chi connectivity index (χ4n) is 2.56. The lowest BCUT2D eigenvalue weighted by molar-refractivity contribution is 0.0950. The number of H-pyrrole nitrogens is 1. The van der Waals surface area contributed by atoms with Crippen LogP contribution < -0.4 is 5.32 Å². The molecule has 2 N–H and O–H groups in total. The predicted molar refractivity (Wildman–Crippen MR) is 94.3 cm³/mol. The summed E-state index contributed by atoms with van der Waals surface area (Å²) in [4.78, 5) is 23.9. The Morgan fingerprint density at radius 3 is 2.96 bits per heavy atom. The van der Waals surface area contributed by atoms with Crippen molar-refractivity contribution in [2.45, 2.75) is 6.54 Å². The van der Waals surface area contributed by atoms with E-state index in [0.29, 0.717) is 17.8 Å². The van der Waals surface area contributed by atoms with Crippen LogP contribution >= 0.6 is 0 Å². The van der Waals surface area contributed by atoms with Gasteiger partial charge in [-0.2, -0.15) is 0 Å². The van der Waals surface area contributed by atoms with Crippen LogP contribution in [0.15, 0.2) is 67.5 Å². The lowest BCUT2D eigenvalue weighted by Gasteiger charge is -2.08. The summed E-state index contributed by atoms with van der Waals surface area (Å²) in [5.74, 6) is 0.589. The molecule has 4 rings (SSSR count). The van der Waals surface area contributed by atoms with Gasteiger partial charge in [-0.05, 0) is 17.7 Å². The Labute approximate surface area is 148 Å². The number of amides is 1. The smallest absolute Gasteiger partial charge is 0.253 e. The van der Waals surface area contributed by atoms with Gasteiger partial charge in [0.15, 0.2) is 0 Å². The topological polar surface area (TPSA) is 101 Å². The zero-order valence-electron chi connectivity index (χ0n) is 13.7. The summed E-state index contributed by atoms with van der Waals surface area (Å²) in [5, 5.41) is 10.6. The van der Waals surface area contributed by atoms with Crippen molar-refractivity contribution in [3.63, 3.8) is 0 Å². The zero-order chi connectivity index (χ0) is 17.8. The number of hydrogen-bond acceptors (Lipinski definition) is 5. The van der Waals surface area contributed by atoms with Gasteiger partial charge < -0.3 is 10.3 Å². The highest BCUT2D eigenvalue weighted by Crippen LogP contribution is 2.16. The number of pyridine rings is 1. The molecular formula is C18H15N7O. The summed E-state index contributed by atoms with van der Waals surface area (Å²) >= 11 is 0. The number of benzene rings is 1. The fourth-order valence-corrected chi connectivity index (χ4v) is 2.56. The first kappa shape index (κ1) is 15.7. The number of aromatic nitrogens is 6. The number of hydrogen-bond donors (Lipinski definition) is 2. The van der Waals surface area contributed by atoms with Crippen molar-refractivity contribution in [3.8, 4) is 17.1 Å². The van der Waals surface area contributed by atoms with Crippen LogP contribution in [0.5, 0.6) is 0 Å². The van der Waals surface area contributed by atoms with E-state index in [1.807, 2.05) is 24.3 Å². The minimum Gasteiger partial charge on any atom is -0.348 e. The number of carbonyl (C=O) groups excluding carboxylic acids is 1. The number of carbonyl (C=O) groups is 1. The Balaban J connectivity index is 1.46. The molecule has 4 aromatic rings. The van der Waals surface area contributed by atoms with Gasteiger partial charge in [0, 0.05) is 30.7 Å². The second-order valence-corrected chi connectivity index (χ2v) is 5.60. The Morgan fingerprint density at radius 1 is 1.19 bits per heavy atom. The zero-order valence-corrected chi connectivity index (χ0v) is 13.7. The number of aromatic amines is 1. The molecule has 0 aliphatic carbocycles. The van der Waals surface area contributed by atoms with Gasteiger partial charge in [0.1, 0.15) is 5.82 Å². The molecule has 26 heavy (non-hydrogen) atoms. The maximum atomic E-state index is 12.4. The van der Waals surface area contributed by atoms with Gasteiger partial charge in [0.2, 0.25) is 0 Å². The van der Waals surface area contributed by atoms with Crippen molar-refractivity contribution < 1.29 is 4.79 Å². The molecule has 0 aliphatic rings. The van der Waals surface area contributed by atoms with Gasteiger partial charge in [0.25, 0.3) is 5.91 Å². The van der Waals surface area contributed by atoms with E-state index in [1.165, 1.54) is 6.20 Å². The molecule has 0 bridgehead atoms. The van der Waals surface area contributed by atoms with Crippen molar-refractivity contribution in [1.82, 2.24) is 35.3 Å². The van der Waals surface area contributed by atoms with Crippen LogP contribution in [0, 0.1) is 0 Å². The molecule has 0 saturated carbocycles. The highest BCUT2D eigenvalue weighted by Gasteiger charge is 2.09. The summed E-state index contributed by atoms with van der Waals surface area (Å²) in [5.41, 5.74) is 3.08. The summed E-state index contributed by atoms with van der Waals surface area (Å²) in [6, 6.07) is 9.57. The highest BCUT2D eigenvalue weighted by atomic mass is 16.1. The highest BCUT2D eigenvalue weighted by molar-refractivity contribution is 5.94. The lowest BCUT2D eigenvalue weighted by Crippen LogP contribution is -2.23. The van der Waals surface area contributed by atoms with E-state index in [2.05, 4.69) is 30.6 Å². The summed E-state index contributed by atoms with van der Waals surface area (Å²) in [6.07, 6.45) is 9.89. The summed E-state index contributed by atoms with van der Waals surface area (Å²) in [6.45, 7) is 0.404. The molecule has 8 nitrogen and oxygen atoms in total. The van der Waals surface area contributed by atoms with Gasteiger partial charge in [0.05, 0.1) is 29.8 Å². The van der Waals surface area contributed by atoms with E-state index in [9.17, 15) is 4.79 Å². The molecule has 128 valence electrons. The Kier molecular flexibility index (Phi) is 4.21. The minimum absolute atomic E-state index is 0.206.